The molecule has 2 heterocycles. The van der Waals surface area contributed by atoms with Gasteiger partial charge in [0, 0.05) is 24.9 Å². The molecule has 2 aromatic heterocycles. The highest BCUT2D eigenvalue weighted by atomic mass is 16.5. The van der Waals surface area contributed by atoms with Crippen molar-refractivity contribution in [1.29, 1.82) is 0 Å². The van der Waals surface area contributed by atoms with Gasteiger partial charge in [0.15, 0.2) is 5.82 Å². The van der Waals surface area contributed by atoms with E-state index in [-0.39, 0.29) is 0 Å². The van der Waals surface area contributed by atoms with Gasteiger partial charge in [0.1, 0.15) is 17.1 Å². The summed E-state index contributed by atoms with van der Waals surface area (Å²) in [4.78, 5) is 9.61. The summed E-state index contributed by atoms with van der Waals surface area (Å²) in [5, 5.41) is 11.0. The van der Waals surface area contributed by atoms with Crippen LogP contribution in [0.5, 0.6) is 5.75 Å². The molecule has 0 aliphatic heterocycles. The molecule has 7 nitrogen and oxygen atoms in total. The second-order valence-corrected chi connectivity index (χ2v) is 8.54. The number of pyridine rings is 1. The molecule has 0 spiro atoms. The molecule has 2 aromatic carbocycles. The topological polar surface area (TPSA) is 112 Å². The minimum atomic E-state index is 0.308. The molecule has 0 aliphatic rings. The third-order valence-corrected chi connectivity index (χ3v) is 6.00. The zero-order valence-electron chi connectivity index (χ0n) is 19.5. The lowest BCUT2D eigenvalue weighted by Crippen LogP contribution is -2.10. The highest BCUT2D eigenvalue weighted by Gasteiger charge is 2.18. The average Bonchev–Trinajstić information content (AvgIpc) is 3.16. The largest absolute Gasteiger partial charge is 0.508 e. The van der Waals surface area contributed by atoms with Gasteiger partial charge in [-0.15, -0.1) is 0 Å². The van der Waals surface area contributed by atoms with Crippen molar-refractivity contribution < 1.29 is 9.84 Å². The second-order valence-electron chi connectivity index (χ2n) is 8.54. The Morgan fingerprint density at radius 2 is 1.85 bits per heavy atom. The van der Waals surface area contributed by atoms with E-state index in [2.05, 4.69) is 34.7 Å². The fraction of sp³-hybridized carbons (Fsp3) is 0.385. The van der Waals surface area contributed by atoms with E-state index in [4.69, 9.17) is 21.2 Å². The van der Waals surface area contributed by atoms with E-state index in [1.165, 1.54) is 0 Å². The predicted molar refractivity (Wildman–Crippen MR) is 134 cm³/mol. The third-order valence-electron chi connectivity index (χ3n) is 6.00. The maximum atomic E-state index is 9.95. The number of phenols is 1. The zero-order valence-corrected chi connectivity index (χ0v) is 19.5. The van der Waals surface area contributed by atoms with Gasteiger partial charge in [-0.1, -0.05) is 37.6 Å². The van der Waals surface area contributed by atoms with Crippen molar-refractivity contribution in [3.63, 3.8) is 0 Å². The normalized spacial score (nSPS) is 11.6. The number of benzene rings is 2. The van der Waals surface area contributed by atoms with Crippen LogP contribution in [0.3, 0.4) is 0 Å². The van der Waals surface area contributed by atoms with E-state index in [9.17, 15) is 5.11 Å². The number of nitrogens with two attached hydrogens (primary N) is 2. The van der Waals surface area contributed by atoms with Crippen molar-refractivity contribution in [2.24, 2.45) is 5.73 Å². The molecular weight excluding hydrogens is 414 g/mol. The van der Waals surface area contributed by atoms with Crippen LogP contribution in [0.15, 0.2) is 36.4 Å². The van der Waals surface area contributed by atoms with Crippen LogP contribution in [0.4, 0.5) is 5.82 Å². The summed E-state index contributed by atoms with van der Waals surface area (Å²) in [6.07, 6.45) is 3.81. The van der Waals surface area contributed by atoms with E-state index in [1.54, 1.807) is 6.07 Å². The highest BCUT2D eigenvalue weighted by molar-refractivity contribution is 6.06. The smallest absolute Gasteiger partial charge is 0.152 e. The Balaban J connectivity index is 1.80. The average molecular weight is 448 g/mol. The number of unbranched alkanes of at least 4 members (excludes halogenated alkanes) is 1. The first kappa shape index (κ1) is 23.0. The number of hydrogen-bond donors (Lipinski definition) is 3. The van der Waals surface area contributed by atoms with Crippen LogP contribution in [-0.2, 0) is 24.1 Å². The van der Waals surface area contributed by atoms with Crippen LogP contribution < -0.4 is 11.5 Å². The van der Waals surface area contributed by atoms with Crippen LogP contribution in [0.1, 0.15) is 42.3 Å². The first-order valence-corrected chi connectivity index (χ1v) is 11.6. The molecule has 4 rings (SSSR count). The number of aromatic nitrogens is 3. The first-order valence-electron chi connectivity index (χ1n) is 11.6. The van der Waals surface area contributed by atoms with Gasteiger partial charge in [-0.05, 0) is 48.6 Å². The van der Waals surface area contributed by atoms with Crippen molar-refractivity contribution in [1.82, 2.24) is 14.5 Å². The summed E-state index contributed by atoms with van der Waals surface area (Å²) in [5.74, 6) is 1.77. The summed E-state index contributed by atoms with van der Waals surface area (Å²) in [7, 11) is 0. The first-order chi connectivity index (χ1) is 16.0. The number of nitrogens with zero attached hydrogens (tertiary/aromatic N) is 3. The Morgan fingerprint density at radius 3 is 2.61 bits per heavy atom. The maximum absolute atomic E-state index is 9.95. The standard InChI is InChI=1S/C26H33N5O2/c1-3-4-5-23-30-24-25(31(23)16-19-7-9-22(32)17(2)14-19)20-8-6-18(10-12-33-13-11-27)15-21(20)29-26(24)28/h6-9,14-15,32H,3-5,10-13,16,27H2,1-2H3,(H2,28,29). The van der Waals surface area contributed by atoms with Gasteiger partial charge in [0.05, 0.1) is 24.2 Å². The molecule has 4 aromatic rings. The number of phenolic OH excluding ortho intramolecular Hbond substituents is 1. The molecule has 7 heteroatoms. The molecule has 0 saturated carbocycles. The second kappa shape index (κ2) is 10.2. The molecule has 0 saturated heterocycles. The Hall–Kier alpha value is -3.16. The number of hydrogen-bond acceptors (Lipinski definition) is 6. The van der Waals surface area contributed by atoms with Crippen LogP contribution in [0, 0.1) is 6.92 Å². The van der Waals surface area contributed by atoms with Gasteiger partial charge >= 0.3 is 0 Å². The number of nitrogen functional groups attached to an aromatic ring is 1. The van der Waals surface area contributed by atoms with Gasteiger partial charge in [-0.3, -0.25) is 0 Å². The highest BCUT2D eigenvalue weighted by Crippen LogP contribution is 2.31. The van der Waals surface area contributed by atoms with Crippen molar-refractivity contribution in [2.45, 2.75) is 46.1 Å². The van der Waals surface area contributed by atoms with Gasteiger partial charge in [-0.2, -0.15) is 0 Å². The predicted octanol–water partition coefficient (Wildman–Crippen LogP) is 4.09. The van der Waals surface area contributed by atoms with E-state index in [1.807, 2.05) is 19.1 Å². The fourth-order valence-electron chi connectivity index (χ4n) is 4.23. The number of aromatic hydroxyl groups is 1. The Labute approximate surface area is 194 Å². The van der Waals surface area contributed by atoms with Gasteiger partial charge < -0.3 is 25.9 Å². The molecule has 0 bridgehead atoms. The number of anilines is 1. The molecular formula is C26H33N5O2. The van der Waals surface area contributed by atoms with E-state index in [0.29, 0.717) is 37.9 Å². The van der Waals surface area contributed by atoms with Crippen LogP contribution in [0.2, 0.25) is 0 Å². The van der Waals surface area contributed by atoms with E-state index >= 15 is 0 Å². The molecule has 0 fully saturated rings. The number of rotatable bonds is 10. The minimum absolute atomic E-state index is 0.308. The lowest BCUT2D eigenvalue weighted by Gasteiger charge is -2.13. The SMILES string of the molecule is CCCCc1nc2c(N)nc3cc(CCOCCN)ccc3c2n1Cc1ccc(O)c(C)c1. The quantitative estimate of drug-likeness (QED) is 0.316. The number of aryl methyl sites for hydroxylation is 2. The van der Waals surface area contributed by atoms with Gasteiger partial charge in [0.2, 0.25) is 0 Å². The van der Waals surface area contributed by atoms with Gasteiger partial charge in [-0.25, -0.2) is 9.97 Å². The summed E-state index contributed by atoms with van der Waals surface area (Å²) in [5.41, 5.74) is 17.7. The lowest BCUT2D eigenvalue weighted by molar-refractivity contribution is 0.145. The van der Waals surface area contributed by atoms with Crippen molar-refractivity contribution in [2.75, 3.05) is 25.5 Å². The number of ether oxygens (including phenoxy) is 1. The van der Waals surface area contributed by atoms with E-state index in [0.717, 1.165) is 70.1 Å². The van der Waals surface area contributed by atoms with E-state index < -0.39 is 0 Å². The minimum Gasteiger partial charge on any atom is -0.508 e. The zero-order chi connectivity index (χ0) is 23.4. The molecule has 33 heavy (non-hydrogen) atoms. The van der Waals surface area contributed by atoms with Gasteiger partial charge in [0.25, 0.3) is 0 Å². The van der Waals surface area contributed by atoms with Crippen LogP contribution >= 0.6 is 0 Å². The summed E-state index contributed by atoms with van der Waals surface area (Å²) in [6, 6.07) is 12.1. The monoisotopic (exact) mass is 447 g/mol. The van der Waals surface area contributed by atoms with Crippen LogP contribution in [0.25, 0.3) is 21.9 Å². The molecule has 0 amide bonds. The lowest BCUT2D eigenvalue weighted by atomic mass is 10.1. The third kappa shape index (κ3) is 4.94. The maximum Gasteiger partial charge on any atom is 0.152 e. The van der Waals surface area contributed by atoms with Crippen molar-refractivity contribution in [3.8, 4) is 5.75 Å². The van der Waals surface area contributed by atoms with Crippen molar-refractivity contribution >= 4 is 27.8 Å². The molecule has 0 unspecified atom stereocenters. The molecule has 5 N–H and O–H groups in total. The van der Waals surface area contributed by atoms with Crippen LogP contribution in [-0.4, -0.2) is 39.4 Å². The number of imidazole rings is 1. The Bertz CT molecular complexity index is 1260. The number of fused-ring (bicyclic) bond motifs is 3. The Kier molecular flexibility index (Phi) is 7.11. The molecule has 0 aliphatic carbocycles. The summed E-state index contributed by atoms with van der Waals surface area (Å²) in [6.45, 7) is 6.47. The molecule has 174 valence electrons. The summed E-state index contributed by atoms with van der Waals surface area (Å²) < 4.78 is 7.80. The summed E-state index contributed by atoms with van der Waals surface area (Å²) >= 11 is 0. The Morgan fingerprint density at radius 1 is 1.03 bits per heavy atom. The molecule has 0 atom stereocenters. The molecule has 0 radical (unpaired) electrons. The fourth-order valence-corrected chi connectivity index (χ4v) is 4.23. The van der Waals surface area contributed by atoms with Crippen molar-refractivity contribution in [3.05, 3.63) is 58.9 Å².